The van der Waals surface area contributed by atoms with E-state index in [2.05, 4.69) is 5.43 Å². The molecule has 0 aliphatic carbocycles. The maximum atomic E-state index is 13.7. The Labute approximate surface area is 216 Å². The number of hydrogen-bond acceptors (Lipinski definition) is 6. The van der Waals surface area contributed by atoms with Gasteiger partial charge in [-0.3, -0.25) is 18.9 Å². The predicted molar refractivity (Wildman–Crippen MR) is 137 cm³/mol. The minimum atomic E-state index is -4.63. The van der Waals surface area contributed by atoms with E-state index in [1.807, 2.05) is 6.07 Å². The van der Waals surface area contributed by atoms with Gasteiger partial charge in [-0.2, -0.15) is 18.4 Å². The van der Waals surface area contributed by atoms with Crippen LogP contribution in [-0.4, -0.2) is 26.4 Å². The molecule has 1 aromatic heterocycles. The van der Waals surface area contributed by atoms with Gasteiger partial charge >= 0.3 is 11.9 Å². The minimum Gasteiger partial charge on any atom is -0.386 e. The van der Waals surface area contributed by atoms with E-state index in [4.69, 9.17) is 5.26 Å². The molecule has 0 saturated carbocycles. The van der Waals surface area contributed by atoms with Gasteiger partial charge in [0.2, 0.25) is 0 Å². The molecule has 2 heterocycles. The lowest BCUT2D eigenvalue weighted by Gasteiger charge is -2.27. The largest absolute Gasteiger partial charge is 0.416 e. The SMILES string of the molecule is CCn1c(=O)c(C2=C(C(C)(C)O)CNN2c2ccc(C#N)cc2)c(C)n(-c2cccc(C(F)(F)F)c2)c1=O. The summed E-state index contributed by atoms with van der Waals surface area (Å²) in [5.41, 5.74) is 1.21. The zero-order valence-corrected chi connectivity index (χ0v) is 21.2. The van der Waals surface area contributed by atoms with Gasteiger partial charge in [-0.1, -0.05) is 6.07 Å². The summed E-state index contributed by atoms with van der Waals surface area (Å²) >= 11 is 0. The van der Waals surface area contributed by atoms with Crippen molar-refractivity contribution < 1.29 is 18.3 Å². The van der Waals surface area contributed by atoms with Crippen LogP contribution in [0, 0.1) is 18.3 Å². The van der Waals surface area contributed by atoms with E-state index in [-0.39, 0.29) is 35.7 Å². The maximum Gasteiger partial charge on any atom is 0.416 e. The second-order valence-corrected chi connectivity index (χ2v) is 9.39. The fraction of sp³-hybridized carbons (Fsp3) is 0.296. The summed E-state index contributed by atoms with van der Waals surface area (Å²) in [6, 6.07) is 12.9. The summed E-state index contributed by atoms with van der Waals surface area (Å²) in [4.78, 5) is 27.1. The Kier molecular flexibility index (Phi) is 6.82. The Morgan fingerprint density at radius 2 is 1.74 bits per heavy atom. The van der Waals surface area contributed by atoms with Crippen LogP contribution in [0.4, 0.5) is 18.9 Å². The third-order valence-electron chi connectivity index (χ3n) is 6.48. The molecule has 1 aliphatic heterocycles. The monoisotopic (exact) mass is 525 g/mol. The lowest BCUT2D eigenvalue weighted by Crippen LogP contribution is -2.44. The van der Waals surface area contributed by atoms with Gasteiger partial charge in [0.1, 0.15) is 0 Å². The fourth-order valence-corrected chi connectivity index (χ4v) is 4.56. The van der Waals surface area contributed by atoms with Crippen molar-refractivity contribution in [3.63, 3.8) is 0 Å². The summed E-state index contributed by atoms with van der Waals surface area (Å²) in [5.74, 6) is 0. The molecular formula is C27H26F3N5O3. The van der Waals surface area contributed by atoms with E-state index in [0.717, 1.165) is 21.3 Å². The zero-order chi connectivity index (χ0) is 28.0. The number of nitriles is 1. The topological polar surface area (TPSA) is 103 Å². The van der Waals surface area contributed by atoms with Gasteiger partial charge in [-0.05, 0) is 70.2 Å². The highest BCUT2D eigenvalue weighted by Gasteiger charge is 2.37. The molecule has 0 spiro atoms. The number of rotatable bonds is 5. The van der Waals surface area contributed by atoms with Crippen LogP contribution < -0.4 is 21.7 Å². The molecule has 0 saturated heterocycles. The molecule has 2 aromatic carbocycles. The number of aliphatic hydroxyl groups is 1. The number of hydrogen-bond donors (Lipinski definition) is 2. The summed E-state index contributed by atoms with van der Waals surface area (Å²) < 4.78 is 42.5. The van der Waals surface area contributed by atoms with Crippen LogP contribution in [0.15, 0.2) is 63.7 Å². The average Bonchev–Trinajstić information content (AvgIpc) is 3.29. The van der Waals surface area contributed by atoms with Gasteiger partial charge in [0.15, 0.2) is 0 Å². The summed E-state index contributed by atoms with van der Waals surface area (Å²) in [6.07, 6.45) is -4.63. The Bertz CT molecular complexity index is 1590. The van der Waals surface area contributed by atoms with Crippen molar-refractivity contribution in [2.24, 2.45) is 0 Å². The number of halogens is 3. The Balaban J connectivity index is 2.07. The fourth-order valence-electron chi connectivity index (χ4n) is 4.56. The molecule has 198 valence electrons. The molecule has 0 fully saturated rings. The second-order valence-electron chi connectivity index (χ2n) is 9.39. The highest BCUT2D eigenvalue weighted by atomic mass is 19.4. The molecular weight excluding hydrogens is 499 g/mol. The van der Waals surface area contributed by atoms with Gasteiger partial charge < -0.3 is 5.11 Å². The Morgan fingerprint density at radius 3 is 2.29 bits per heavy atom. The average molecular weight is 526 g/mol. The van der Waals surface area contributed by atoms with Crippen molar-refractivity contribution in [3.8, 4) is 11.8 Å². The molecule has 0 atom stereocenters. The number of alkyl halides is 3. The summed E-state index contributed by atoms with van der Waals surface area (Å²) in [7, 11) is 0. The Morgan fingerprint density at radius 1 is 1.08 bits per heavy atom. The van der Waals surface area contributed by atoms with E-state index in [9.17, 15) is 27.9 Å². The smallest absolute Gasteiger partial charge is 0.386 e. The van der Waals surface area contributed by atoms with Crippen LogP contribution in [-0.2, 0) is 12.7 Å². The molecule has 0 unspecified atom stereocenters. The van der Waals surface area contributed by atoms with Crippen LogP contribution >= 0.6 is 0 Å². The first-order valence-corrected chi connectivity index (χ1v) is 11.8. The lowest BCUT2D eigenvalue weighted by molar-refractivity contribution is -0.137. The van der Waals surface area contributed by atoms with Crippen LogP contribution in [0.5, 0.6) is 0 Å². The normalized spacial score (nSPS) is 14.2. The standard InChI is InChI=1S/C27H26F3N5O3/c1-5-33-24(36)22(16(2)34(25(33)37)20-8-6-7-18(13-20)27(28,29)30)23-21(26(3,4)38)15-32-35(23)19-11-9-17(14-31)10-12-19/h6-13,32,38H,5,15H2,1-4H3. The number of nitrogens with zero attached hydrogens (tertiary/aromatic N) is 4. The molecule has 1 aliphatic rings. The van der Waals surface area contributed by atoms with Crippen LogP contribution in [0.1, 0.15) is 43.2 Å². The first-order valence-electron chi connectivity index (χ1n) is 11.8. The van der Waals surface area contributed by atoms with Crippen molar-refractivity contribution in [1.29, 1.82) is 5.26 Å². The van der Waals surface area contributed by atoms with E-state index in [0.29, 0.717) is 16.8 Å². The molecule has 11 heteroatoms. The molecule has 8 nitrogen and oxygen atoms in total. The number of hydrazine groups is 1. The van der Waals surface area contributed by atoms with Crippen molar-refractivity contribution in [2.45, 2.75) is 46.0 Å². The molecule has 2 N–H and O–H groups in total. The molecule has 0 radical (unpaired) electrons. The first kappa shape index (κ1) is 26.9. The van der Waals surface area contributed by atoms with Crippen molar-refractivity contribution in [3.05, 3.63) is 97.3 Å². The third-order valence-corrected chi connectivity index (χ3v) is 6.48. The molecule has 3 aromatic rings. The molecule has 0 amide bonds. The first-order chi connectivity index (χ1) is 17.8. The van der Waals surface area contributed by atoms with Gasteiger partial charge in [0.05, 0.1) is 45.4 Å². The van der Waals surface area contributed by atoms with Crippen LogP contribution in [0.2, 0.25) is 0 Å². The van der Waals surface area contributed by atoms with Crippen LogP contribution in [0.3, 0.4) is 0 Å². The maximum absolute atomic E-state index is 13.7. The van der Waals surface area contributed by atoms with Crippen molar-refractivity contribution in [1.82, 2.24) is 14.6 Å². The van der Waals surface area contributed by atoms with E-state index in [1.165, 1.54) is 19.1 Å². The molecule has 0 bridgehead atoms. The highest BCUT2D eigenvalue weighted by molar-refractivity contribution is 5.84. The van der Waals surface area contributed by atoms with Gasteiger partial charge in [-0.25, -0.2) is 10.2 Å². The van der Waals surface area contributed by atoms with Gasteiger partial charge in [0.25, 0.3) is 5.56 Å². The predicted octanol–water partition coefficient (Wildman–Crippen LogP) is 3.72. The third kappa shape index (κ3) is 4.64. The lowest BCUT2D eigenvalue weighted by atomic mass is 9.93. The number of aromatic nitrogens is 2. The van der Waals surface area contributed by atoms with Crippen LogP contribution in [0.25, 0.3) is 11.4 Å². The van der Waals surface area contributed by atoms with E-state index >= 15 is 0 Å². The number of nitrogens with one attached hydrogen (secondary N) is 1. The zero-order valence-electron chi connectivity index (χ0n) is 21.2. The minimum absolute atomic E-state index is 0.0284. The second kappa shape index (κ2) is 9.63. The van der Waals surface area contributed by atoms with Crippen molar-refractivity contribution in [2.75, 3.05) is 11.6 Å². The van der Waals surface area contributed by atoms with Gasteiger partial charge in [-0.15, -0.1) is 0 Å². The van der Waals surface area contributed by atoms with Crippen molar-refractivity contribution >= 4 is 11.4 Å². The van der Waals surface area contributed by atoms with E-state index < -0.39 is 28.6 Å². The summed E-state index contributed by atoms with van der Waals surface area (Å²) in [6.45, 7) is 6.33. The highest BCUT2D eigenvalue weighted by Crippen LogP contribution is 2.36. The Hall–Kier alpha value is -4.14. The van der Waals surface area contributed by atoms with Gasteiger partial charge in [0, 0.05) is 24.4 Å². The molecule has 4 rings (SSSR count). The quantitative estimate of drug-likeness (QED) is 0.526. The number of benzene rings is 2. The summed E-state index contributed by atoms with van der Waals surface area (Å²) in [5, 5.41) is 21.8. The van der Waals surface area contributed by atoms with E-state index in [1.54, 1.807) is 50.0 Å². The number of anilines is 1. The molecule has 38 heavy (non-hydrogen) atoms.